The Hall–Kier alpha value is -3.64. The van der Waals surface area contributed by atoms with E-state index in [-0.39, 0.29) is 18.4 Å². The molecule has 0 aliphatic heterocycles. The molecular formula is C28H28N2O3S. The van der Waals surface area contributed by atoms with Gasteiger partial charge in [-0.1, -0.05) is 79.7 Å². The first kappa shape index (κ1) is 23.5. The maximum atomic E-state index is 12.6. The van der Waals surface area contributed by atoms with Gasteiger partial charge in [-0.3, -0.25) is 9.10 Å². The van der Waals surface area contributed by atoms with Crippen LogP contribution in [0.4, 0.5) is 5.69 Å². The number of benzene rings is 4. The molecule has 0 radical (unpaired) electrons. The minimum atomic E-state index is -3.50. The van der Waals surface area contributed by atoms with Crippen molar-refractivity contribution in [3.63, 3.8) is 0 Å². The normalized spacial score (nSPS) is 12.3. The molecule has 34 heavy (non-hydrogen) atoms. The Morgan fingerprint density at radius 1 is 0.853 bits per heavy atom. The van der Waals surface area contributed by atoms with Crippen LogP contribution in [-0.2, 0) is 16.6 Å². The first-order valence-electron chi connectivity index (χ1n) is 11.2. The summed E-state index contributed by atoms with van der Waals surface area (Å²) in [4.78, 5) is 12.6. The quantitative estimate of drug-likeness (QED) is 0.376. The van der Waals surface area contributed by atoms with Gasteiger partial charge in [-0.15, -0.1) is 0 Å². The van der Waals surface area contributed by atoms with Gasteiger partial charge in [0.05, 0.1) is 18.5 Å². The molecule has 6 heteroatoms. The molecule has 4 aromatic rings. The molecule has 5 nitrogen and oxygen atoms in total. The van der Waals surface area contributed by atoms with E-state index in [0.717, 1.165) is 16.3 Å². The minimum absolute atomic E-state index is 0.149. The van der Waals surface area contributed by atoms with Gasteiger partial charge in [-0.2, -0.15) is 0 Å². The number of fused-ring (bicyclic) bond motifs is 1. The van der Waals surface area contributed by atoms with Crippen LogP contribution in [0.1, 0.15) is 34.3 Å². The molecule has 1 amide bonds. The highest BCUT2D eigenvalue weighted by Gasteiger charge is 2.19. The molecule has 1 atom stereocenters. The molecule has 0 unspecified atom stereocenters. The van der Waals surface area contributed by atoms with E-state index >= 15 is 0 Å². The highest BCUT2D eigenvalue weighted by atomic mass is 32.2. The number of rotatable bonds is 8. The first-order chi connectivity index (χ1) is 16.3. The molecule has 0 spiro atoms. The summed E-state index contributed by atoms with van der Waals surface area (Å²) < 4.78 is 26.5. The third-order valence-electron chi connectivity index (χ3n) is 5.90. The summed E-state index contributed by atoms with van der Waals surface area (Å²) in [7, 11) is -3.50. The van der Waals surface area contributed by atoms with Crippen LogP contribution in [0.25, 0.3) is 10.8 Å². The number of sulfonamides is 1. The molecule has 0 aliphatic carbocycles. The molecule has 0 heterocycles. The van der Waals surface area contributed by atoms with E-state index in [4.69, 9.17) is 0 Å². The highest BCUT2D eigenvalue weighted by molar-refractivity contribution is 7.92. The zero-order valence-corrected chi connectivity index (χ0v) is 20.1. The first-order valence-corrected chi connectivity index (χ1v) is 13.0. The maximum Gasteiger partial charge on any atom is 0.251 e. The van der Waals surface area contributed by atoms with Crippen molar-refractivity contribution in [2.24, 2.45) is 0 Å². The number of hydrogen-bond acceptors (Lipinski definition) is 3. The number of anilines is 1. The number of nitrogens with one attached hydrogen (secondary N) is 1. The molecule has 0 aromatic heterocycles. The maximum absolute atomic E-state index is 12.6. The summed E-state index contributed by atoms with van der Waals surface area (Å²) in [6, 6.07) is 30.6. The van der Waals surface area contributed by atoms with E-state index in [1.54, 1.807) is 24.3 Å². The van der Waals surface area contributed by atoms with E-state index in [1.807, 2.05) is 60.7 Å². The summed E-state index contributed by atoms with van der Waals surface area (Å²) in [5, 5.41) is 5.01. The molecule has 0 fully saturated rings. The predicted molar refractivity (Wildman–Crippen MR) is 139 cm³/mol. The van der Waals surface area contributed by atoms with Gasteiger partial charge in [0.1, 0.15) is 0 Å². The van der Waals surface area contributed by atoms with Crippen molar-refractivity contribution in [3.8, 4) is 0 Å². The monoisotopic (exact) mass is 472 g/mol. The summed E-state index contributed by atoms with van der Waals surface area (Å²) >= 11 is 0. The number of hydrogen-bond donors (Lipinski definition) is 1. The summed E-state index contributed by atoms with van der Waals surface area (Å²) in [5.41, 5.74) is 3.12. The van der Waals surface area contributed by atoms with Crippen LogP contribution in [-0.4, -0.2) is 27.1 Å². The summed E-state index contributed by atoms with van der Waals surface area (Å²) in [6.45, 7) is 2.80. The highest BCUT2D eigenvalue weighted by Crippen LogP contribution is 2.25. The smallest absolute Gasteiger partial charge is 0.251 e. The van der Waals surface area contributed by atoms with Crippen LogP contribution in [0.5, 0.6) is 0 Å². The lowest BCUT2D eigenvalue weighted by molar-refractivity contribution is 0.0951. The largest absolute Gasteiger partial charge is 0.351 e. The number of carbonyl (C=O) groups excluding carboxylic acids is 1. The average molecular weight is 473 g/mol. The van der Waals surface area contributed by atoms with Crippen molar-refractivity contribution in [1.82, 2.24) is 5.32 Å². The van der Waals surface area contributed by atoms with Crippen molar-refractivity contribution < 1.29 is 13.2 Å². The Balaban J connectivity index is 1.45. The van der Waals surface area contributed by atoms with E-state index in [1.165, 1.54) is 16.1 Å². The van der Waals surface area contributed by atoms with Crippen LogP contribution < -0.4 is 9.62 Å². The summed E-state index contributed by atoms with van der Waals surface area (Å²) in [5.74, 6) is 0.0542. The van der Waals surface area contributed by atoms with E-state index in [0.29, 0.717) is 17.8 Å². The van der Waals surface area contributed by atoms with Gasteiger partial charge in [0.2, 0.25) is 10.0 Å². The third-order valence-corrected chi connectivity index (χ3v) is 7.04. The number of carbonyl (C=O) groups is 1. The molecule has 0 aliphatic rings. The van der Waals surface area contributed by atoms with Gasteiger partial charge in [-0.05, 0) is 52.1 Å². The molecule has 174 valence electrons. The number of amides is 1. The van der Waals surface area contributed by atoms with Crippen molar-refractivity contribution >= 4 is 32.4 Å². The Morgan fingerprint density at radius 2 is 1.50 bits per heavy atom. The Labute approximate surface area is 201 Å². The van der Waals surface area contributed by atoms with Crippen molar-refractivity contribution in [1.29, 1.82) is 0 Å². The minimum Gasteiger partial charge on any atom is -0.351 e. The van der Waals surface area contributed by atoms with Gasteiger partial charge >= 0.3 is 0 Å². The Kier molecular flexibility index (Phi) is 6.98. The lowest BCUT2D eigenvalue weighted by atomic mass is 10.0. The fourth-order valence-corrected chi connectivity index (χ4v) is 4.79. The second-order valence-electron chi connectivity index (χ2n) is 8.52. The summed E-state index contributed by atoms with van der Waals surface area (Å²) in [6.07, 6.45) is 1.21. The molecule has 0 bridgehead atoms. The molecule has 4 rings (SSSR count). The van der Waals surface area contributed by atoms with Crippen LogP contribution in [0.15, 0.2) is 97.1 Å². The van der Waals surface area contributed by atoms with Crippen LogP contribution >= 0.6 is 0 Å². The molecular weight excluding hydrogens is 444 g/mol. The van der Waals surface area contributed by atoms with Gasteiger partial charge < -0.3 is 5.32 Å². The van der Waals surface area contributed by atoms with E-state index < -0.39 is 10.0 Å². The zero-order chi connectivity index (χ0) is 24.1. The molecule has 0 saturated carbocycles. The fraction of sp³-hybridized carbons (Fsp3) is 0.179. The zero-order valence-electron chi connectivity index (χ0n) is 19.3. The lowest BCUT2D eigenvalue weighted by Gasteiger charge is -2.23. The van der Waals surface area contributed by atoms with Crippen LogP contribution in [0, 0.1) is 0 Å². The predicted octanol–water partition coefficient (Wildman–Crippen LogP) is 5.34. The topological polar surface area (TPSA) is 66.5 Å². The third kappa shape index (κ3) is 5.64. The SMILES string of the molecule is C[C@H](CNC(=O)c1ccc(CN(c2ccc3ccccc3c2)S(C)(=O)=O)cc1)c1ccccc1. The molecule has 0 saturated heterocycles. The van der Waals surface area contributed by atoms with Crippen LogP contribution in [0.3, 0.4) is 0 Å². The second kappa shape index (κ2) is 10.1. The van der Waals surface area contributed by atoms with Crippen molar-refractivity contribution in [3.05, 3.63) is 114 Å². The van der Waals surface area contributed by atoms with E-state index in [2.05, 4.69) is 24.4 Å². The molecule has 1 N–H and O–H groups in total. The van der Waals surface area contributed by atoms with Gasteiger partial charge in [0.25, 0.3) is 5.91 Å². The second-order valence-corrected chi connectivity index (χ2v) is 10.4. The average Bonchev–Trinajstić information content (AvgIpc) is 2.85. The van der Waals surface area contributed by atoms with Gasteiger partial charge in [-0.25, -0.2) is 8.42 Å². The van der Waals surface area contributed by atoms with E-state index in [9.17, 15) is 13.2 Å². The van der Waals surface area contributed by atoms with Crippen molar-refractivity contribution in [2.75, 3.05) is 17.1 Å². The number of nitrogens with zero attached hydrogens (tertiary/aromatic N) is 1. The Morgan fingerprint density at radius 3 is 2.18 bits per heavy atom. The fourth-order valence-electron chi connectivity index (χ4n) is 3.91. The standard InChI is InChI=1S/C28H28N2O3S/c1-21(23-8-4-3-5-9-23)19-29-28(31)25-14-12-22(13-15-25)20-30(34(2,32)33)27-17-16-24-10-6-7-11-26(24)18-27/h3-18,21H,19-20H2,1-2H3,(H,29,31)/t21-/m1/s1. The van der Waals surface area contributed by atoms with Crippen LogP contribution in [0.2, 0.25) is 0 Å². The Bertz CT molecular complexity index is 1380. The van der Waals surface area contributed by atoms with Gasteiger partial charge in [0.15, 0.2) is 0 Å². The molecule has 4 aromatic carbocycles. The lowest BCUT2D eigenvalue weighted by Crippen LogP contribution is -2.29. The van der Waals surface area contributed by atoms with Crippen molar-refractivity contribution in [2.45, 2.75) is 19.4 Å². The van der Waals surface area contributed by atoms with Gasteiger partial charge in [0, 0.05) is 12.1 Å².